The van der Waals surface area contributed by atoms with Crippen molar-refractivity contribution in [2.75, 3.05) is 13.2 Å². The fraction of sp³-hybridized carbons (Fsp3) is 0.643. The number of ether oxygens (including phenoxy) is 1. The van der Waals surface area contributed by atoms with Crippen LogP contribution in [0.1, 0.15) is 49.2 Å². The first-order valence-electron chi connectivity index (χ1n) is 7.66. The first kappa shape index (κ1) is 15.6. The number of carbonyl (C=O) groups is 1. The Bertz CT molecular complexity index is 668. The molecule has 1 amide bonds. The zero-order valence-electron chi connectivity index (χ0n) is 13.2. The third-order valence-electron chi connectivity index (χ3n) is 3.68. The molecule has 0 unspecified atom stereocenters. The van der Waals surface area contributed by atoms with E-state index in [0.29, 0.717) is 36.4 Å². The van der Waals surface area contributed by atoms with Crippen molar-refractivity contribution in [1.82, 2.24) is 25.2 Å². The molecule has 0 aliphatic carbocycles. The van der Waals surface area contributed by atoms with E-state index in [1.165, 1.54) is 0 Å². The minimum atomic E-state index is -0.138. The molecule has 0 aromatic carbocycles. The van der Waals surface area contributed by atoms with E-state index in [0.717, 1.165) is 12.8 Å². The lowest BCUT2D eigenvalue weighted by molar-refractivity contribution is -0.137. The highest BCUT2D eigenvalue weighted by molar-refractivity contribution is 5.78. The summed E-state index contributed by atoms with van der Waals surface area (Å²) in [5, 5.41) is 7.64. The monoisotopic (exact) mass is 321 g/mol. The minimum absolute atomic E-state index is 0.0452. The highest BCUT2D eigenvalue weighted by atomic mass is 16.5. The number of likely N-dealkylation sites (tertiary alicyclic amines) is 1. The van der Waals surface area contributed by atoms with Gasteiger partial charge in [0.2, 0.25) is 11.8 Å². The number of hydrogen-bond donors (Lipinski definition) is 0. The molecule has 0 saturated carbocycles. The molecular weight excluding hydrogens is 302 g/mol. The summed E-state index contributed by atoms with van der Waals surface area (Å²) in [7, 11) is 0. The number of aromatic nitrogens is 4. The van der Waals surface area contributed by atoms with E-state index in [2.05, 4.69) is 20.3 Å². The zero-order chi connectivity index (χ0) is 16.2. The number of nitrogens with zero attached hydrogens (tertiary/aromatic N) is 5. The van der Waals surface area contributed by atoms with E-state index in [4.69, 9.17) is 13.8 Å². The van der Waals surface area contributed by atoms with Crippen LogP contribution >= 0.6 is 0 Å². The van der Waals surface area contributed by atoms with E-state index >= 15 is 0 Å². The van der Waals surface area contributed by atoms with Crippen LogP contribution in [0.2, 0.25) is 0 Å². The van der Waals surface area contributed by atoms with Gasteiger partial charge in [0.1, 0.15) is 13.2 Å². The predicted molar refractivity (Wildman–Crippen MR) is 76.1 cm³/mol. The summed E-state index contributed by atoms with van der Waals surface area (Å²) < 4.78 is 15.4. The Morgan fingerprint density at radius 1 is 1.30 bits per heavy atom. The van der Waals surface area contributed by atoms with Crippen LogP contribution < -0.4 is 0 Å². The molecule has 3 rings (SSSR count). The van der Waals surface area contributed by atoms with Crippen molar-refractivity contribution < 1.29 is 18.6 Å². The lowest BCUT2D eigenvalue weighted by atomic mass is 10.2. The summed E-state index contributed by atoms with van der Waals surface area (Å²) in [4.78, 5) is 22.4. The maximum absolute atomic E-state index is 12.3. The minimum Gasteiger partial charge on any atom is -0.362 e. The maximum Gasteiger partial charge on any atom is 0.252 e. The molecule has 0 radical (unpaired) electrons. The molecule has 9 nitrogen and oxygen atoms in total. The SMILES string of the molecule is CCc1nc([C@@H]2CCCN2C(=O)COCc2nc(C)no2)no1. The van der Waals surface area contributed by atoms with E-state index in [9.17, 15) is 4.79 Å². The van der Waals surface area contributed by atoms with Crippen LogP contribution in [0.5, 0.6) is 0 Å². The van der Waals surface area contributed by atoms with Gasteiger partial charge in [-0.3, -0.25) is 4.79 Å². The van der Waals surface area contributed by atoms with Gasteiger partial charge in [-0.1, -0.05) is 17.2 Å². The molecule has 0 spiro atoms. The number of rotatable bonds is 6. The van der Waals surface area contributed by atoms with Gasteiger partial charge in [-0.15, -0.1) is 0 Å². The lowest BCUT2D eigenvalue weighted by Gasteiger charge is -2.21. The smallest absolute Gasteiger partial charge is 0.252 e. The molecule has 1 aliphatic heterocycles. The van der Waals surface area contributed by atoms with Gasteiger partial charge in [0, 0.05) is 13.0 Å². The van der Waals surface area contributed by atoms with Crippen molar-refractivity contribution in [2.45, 2.75) is 45.8 Å². The molecule has 1 atom stereocenters. The largest absolute Gasteiger partial charge is 0.362 e. The average molecular weight is 321 g/mol. The highest BCUT2D eigenvalue weighted by Crippen LogP contribution is 2.30. The Morgan fingerprint density at radius 2 is 2.13 bits per heavy atom. The molecule has 2 aromatic heterocycles. The zero-order valence-corrected chi connectivity index (χ0v) is 13.2. The Hall–Kier alpha value is -2.29. The molecule has 1 fully saturated rings. The van der Waals surface area contributed by atoms with E-state index < -0.39 is 0 Å². The predicted octanol–water partition coefficient (Wildman–Crippen LogP) is 1.20. The van der Waals surface area contributed by atoms with Gasteiger partial charge in [0.25, 0.3) is 5.89 Å². The standard InChI is InChI=1S/C14H19N5O4/c1-3-11-16-14(18-22-11)10-5-4-6-19(10)13(20)8-21-7-12-15-9(2)17-23-12/h10H,3-8H2,1-2H3/t10-/m0/s1. The number of amides is 1. The van der Waals surface area contributed by atoms with Gasteiger partial charge < -0.3 is 18.7 Å². The van der Waals surface area contributed by atoms with Gasteiger partial charge in [-0.2, -0.15) is 9.97 Å². The van der Waals surface area contributed by atoms with Crippen molar-refractivity contribution in [1.29, 1.82) is 0 Å². The fourth-order valence-electron chi connectivity index (χ4n) is 2.59. The Balaban J connectivity index is 1.55. The van der Waals surface area contributed by atoms with E-state index in [1.807, 2.05) is 6.92 Å². The molecular formula is C14H19N5O4. The van der Waals surface area contributed by atoms with Crippen LogP contribution in [0.3, 0.4) is 0 Å². The highest BCUT2D eigenvalue weighted by Gasteiger charge is 2.33. The molecule has 2 aromatic rings. The van der Waals surface area contributed by atoms with Crippen molar-refractivity contribution in [3.05, 3.63) is 23.4 Å². The fourth-order valence-corrected chi connectivity index (χ4v) is 2.59. The Labute approximate surface area is 133 Å². The second-order valence-corrected chi connectivity index (χ2v) is 5.37. The summed E-state index contributed by atoms with van der Waals surface area (Å²) in [6, 6.07) is -0.138. The second kappa shape index (κ2) is 6.86. The Kier molecular flexibility index (Phi) is 4.65. The third kappa shape index (κ3) is 3.55. The maximum atomic E-state index is 12.3. The van der Waals surface area contributed by atoms with Crippen LogP contribution in [0.25, 0.3) is 0 Å². The first-order chi connectivity index (χ1) is 11.2. The lowest BCUT2D eigenvalue weighted by Crippen LogP contribution is -2.34. The van der Waals surface area contributed by atoms with Crippen LogP contribution in [-0.4, -0.2) is 44.2 Å². The normalized spacial score (nSPS) is 17.8. The van der Waals surface area contributed by atoms with Crippen molar-refractivity contribution in [3.63, 3.8) is 0 Å². The topological polar surface area (TPSA) is 107 Å². The van der Waals surface area contributed by atoms with Crippen LogP contribution in [0.4, 0.5) is 0 Å². The quantitative estimate of drug-likeness (QED) is 0.781. The summed E-state index contributed by atoms with van der Waals surface area (Å²) in [5.74, 6) is 1.95. The average Bonchev–Trinajstić information content (AvgIpc) is 3.26. The molecule has 0 bridgehead atoms. The third-order valence-corrected chi connectivity index (χ3v) is 3.68. The summed E-state index contributed by atoms with van der Waals surface area (Å²) >= 11 is 0. The number of aryl methyl sites for hydroxylation is 2. The van der Waals surface area contributed by atoms with Crippen LogP contribution in [0.15, 0.2) is 9.05 Å². The van der Waals surface area contributed by atoms with Gasteiger partial charge >= 0.3 is 0 Å². The van der Waals surface area contributed by atoms with Gasteiger partial charge in [0.15, 0.2) is 11.6 Å². The molecule has 1 aliphatic rings. The van der Waals surface area contributed by atoms with Gasteiger partial charge in [0.05, 0.1) is 6.04 Å². The van der Waals surface area contributed by atoms with Gasteiger partial charge in [-0.05, 0) is 19.8 Å². The molecule has 1 saturated heterocycles. The summed E-state index contributed by atoms with van der Waals surface area (Å²) in [6.07, 6.45) is 2.42. The number of carbonyl (C=O) groups excluding carboxylic acids is 1. The summed E-state index contributed by atoms with van der Waals surface area (Å²) in [5.41, 5.74) is 0. The van der Waals surface area contributed by atoms with E-state index in [-0.39, 0.29) is 25.2 Å². The van der Waals surface area contributed by atoms with E-state index in [1.54, 1.807) is 11.8 Å². The second-order valence-electron chi connectivity index (χ2n) is 5.37. The first-order valence-corrected chi connectivity index (χ1v) is 7.66. The Morgan fingerprint density at radius 3 is 2.83 bits per heavy atom. The van der Waals surface area contributed by atoms with Gasteiger partial charge in [-0.25, -0.2) is 0 Å². The molecule has 0 N–H and O–H groups in total. The molecule has 23 heavy (non-hydrogen) atoms. The number of hydrogen-bond acceptors (Lipinski definition) is 8. The van der Waals surface area contributed by atoms with Crippen LogP contribution in [-0.2, 0) is 22.6 Å². The van der Waals surface area contributed by atoms with Crippen molar-refractivity contribution in [2.24, 2.45) is 0 Å². The van der Waals surface area contributed by atoms with Crippen molar-refractivity contribution in [3.8, 4) is 0 Å². The van der Waals surface area contributed by atoms with Crippen LogP contribution in [0, 0.1) is 6.92 Å². The molecule has 9 heteroatoms. The van der Waals surface area contributed by atoms with Crippen molar-refractivity contribution >= 4 is 5.91 Å². The molecule has 3 heterocycles. The summed E-state index contributed by atoms with van der Waals surface area (Å²) in [6.45, 7) is 4.41. The molecule has 124 valence electrons.